The molecule has 3 rings (SSSR count). The molecule has 1 aromatic rings. The van der Waals surface area contributed by atoms with Crippen molar-refractivity contribution in [3.05, 3.63) is 29.8 Å². The largest absolute Gasteiger partial charge is 0.377 e. The van der Waals surface area contributed by atoms with Gasteiger partial charge in [0.1, 0.15) is 6.04 Å². The maximum absolute atomic E-state index is 12.6. The Hall–Kier alpha value is -1.55. The molecule has 1 N–H and O–H groups in total. The first-order valence-electron chi connectivity index (χ1n) is 6.99. The van der Waals surface area contributed by atoms with E-state index in [0.717, 1.165) is 31.7 Å². The number of nitrogens with zero attached hydrogens (tertiary/aromatic N) is 1. The third kappa shape index (κ3) is 2.59. The molecule has 19 heavy (non-hydrogen) atoms. The maximum Gasteiger partial charge on any atom is 0.245 e. The van der Waals surface area contributed by atoms with E-state index in [-0.39, 0.29) is 18.1 Å². The summed E-state index contributed by atoms with van der Waals surface area (Å²) in [6.07, 6.45) is 1.85. The van der Waals surface area contributed by atoms with Crippen molar-refractivity contribution in [2.45, 2.75) is 31.9 Å². The lowest BCUT2D eigenvalue weighted by atomic mass is 10.1. The second-order valence-electron chi connectivity index (χ2n) is 5.38. The average Bonchev–Trinajstić information content (AvgIpc) is 2.73. The predicted octanol–water partition coefficient (Wildman–Crippen LogP) is 1.66. The van der Waals surface area contributed by atoms with Crippen LogP contribution < -0.4 is 5.32 Å². The summed E-state index contributed by atoms with van der Waals surface area (Å²) in [5.74, 6) is 0.202. The molecule has 1 saturated heterocycles. The molecule has 0 unspecified atom stereocenters. The Morgan fingerprint density at radius 3 is 3.11 bits per heavy atom. The minimum Gasteiger partial charge on any atom is -0.377 e. The average molecular weight is 260 g/mol. The van der Waals surface area contributed by atoms with E-state index in [2.05, 4.69) is 11.4 Å². The number of amides is 1. The summed E-state index contributed by atoms with van der Waals surface area (Å²) in [5.41, 5.74) is 2.33. The van der Waals surface area contributed by atoms with E-state index in [4.69, 9.17) is 4.74 Å². The Labute approximate surface area is 113 Å². The van der Waals surface area contributed by atoms with Crippen LogP contribution in [0.3, 0.4) is 0 Å². The van der Waals surface area contributed by atoms with Crippen LogP contribution in [-0.4, -0.2) is 42.6 Å². The number of carbonyl (C=O) groups excluding carboxylic acids is 1. The number of hydrogen-bond donors (Lipinski definition) is 1. The van der Waals surface area contributed by atoms with E-state index < -0.39 is 0 Å². The first-order chi connectivity index (χ1) is 9.24. The standard InChI is InChI=1S/C15H20N2O2/c1-11-10-17(7-4-8-19-11)15(18)14-9-12-5-2-3-6-13(12)16-14/h2-3,5-6,11,14,16H,4,7-10H2,1H3/t11-,14-/m0/s1. The van der Waals surface area contributed by atoms with Crippen molar-refractivity contribution in [3.8, 4) is 0 Å². The van der Waals surface area contributed by atoms with E-state index in [1.165, 1.54) is 5.56 Å². The number of hydrogen-bond acceptors (Lipinski definition) is 3. The zero-order valence-corrected chi connectivity index (χ0v) is 11.3. The second-order valence-corrected chi connectivity index (χ2v) is 5.38. The second kappa shape index (κ2) is 5.21. The molecule has 2 heterocycles. The normalized spacial score (nSPS) is 26.5. The van der Waals surface area contributed by atoms with E-state index in [1.807, 2.05) is 30.0 Å². The third-order valence-electron chi connectivity index (χ3n) is 3.83. The van der Waals surface area contributed by atoms with Gasteiger partial charge in [0.15, 0.2) is 0 Å². The van der Waals surface area contributed by atoms with Crippen molar-refractivity contribution in [2.75, 3.05) is 25.0 Å². The van der Waals surface area contributed by atoms with Crippen molar-refractivity contribution in [2.24, 2.45) is 0 Å². The summed E-state index contributed by atoms with van der Waals surface area (Å²) in [6.45, 7) is 4.29. The van der Waals surface area contributed by atoms with Gasteiger partial charge in [0.2, 0.25) is 5.91 Å². The highest BCUT2D eigenvalue weighted by atomic mass is 16.5. The Morgan fingerprint density at radius 1 is 1.42 bits per heavy atom. The molecule has 2 aliphatic heterocycles. The van der Waals surface area contributed by atoms with Crippen LogP contribution in [0.25, 0.3) is 0 Å². The predicted molar refractivity (Wildman–Crippen MR) is 74.2 cm³/mol. The molecular formula is C15H20N2O2. The van der Waals surface area contributed by atoms with Crippen molar-refractivity contribution >= 4 is 11.6 Å². The minimum atomic E-state index is -0.109. The van der Waals surface area contributed by atoms with Gasteiger partial charge in [-0.3, -0.25) is 4.79 Å². The first kappa shape index (κ1) is 12.5. The van der Waals surface area contributed by atoms with Gasteiger partial charge in [0, 0.05) is 31.8 Å². The zero-order valence-electron chi connectivity index (χ0n) is 11.3. The van der Waals surface area contributed by atoms with Gasteiger partial charge in [0.25, 0.3) is 0 Å². The molecule has 102 valence electrons. The maximum atomic E-state index is 12.6. The Balaban J connectivity index is 1.68. The molecule has 0 spiro atoms. The molecule has 4 heteroatoms. The van der Waals surface area contributed by atoms with E-state index in [9.17, 15) is 4.79 Å². The van der Waals surface area contributed by atoms with E-state index in [0.29, 0.717) is 6.54 Å². The molecular weight excluding hydrogens is 240 g/mol. The lowest BCUT2D eigenvalue weighted by Crippen LogP contribution is -2.44. The smallest absolute Gasteiger partial charge is 0.245 e. The molecule has 1 fully saturated rings. The zero-order chi connectivity index (χ0) is 13.2. The molecule has 0 radical (unpaired) electrons. The van der Waals surface area contributed by atoms with Gasteiger partial charge >= 0.3 is 0 Å². The summed E-state index contributed by atoms with van der Waals surface area (Å²) in [7, 11) is 0. The minimum absolute atomic E-state index is 0.109. The van der Waals surface area contributed by atoms with Gasteiger partial charge in [-0.05, 0) is 25.0 Å². The van der Waals surface area contributed by atoms with Crippen LogP contribution in [0.1, 0.15) is 18.9 Å². The Kier molecular flexibility index (Phi) is 3.42. The molecule has 4 nitrogen and oxygen atoms in total. The quantitative estimate of drug-likeness (QED) is 0.835. The lowest BCUT2D eigenvalue weighted by molar-refractivity contribution is -0.132. The van der Waals surface area contributed by atoms with Gasteiger partial charge in [-0.2, -0.15) is 0 Å². The summed E-state index contributed by atoms with van der Waals surface area (Å²) >= 11 is 0. The fourth-order valence-corrected chi connectivity index (χ4v) is 2.86. The molecule has 2 atom stereocenters. The monoisotopic (exact) mass is 260 g/mol. The van der Waals surface area contributed by atoms with Crippen LogP contribution in [0, 0.1) is 0 Å². The van der Waals surface area contributed by atoms with Crippen LogP contribution in [-0.2, 0) is 16.0 Å². The highest BCUT2D eigenvalue weighted by Crippen LogP contribution is 2.26. The summed E-state index contributed by atoms with van der Waals surface area (Å²) in [5, 5.41) is 3.33. The number of carbonyl (C=O) groups is 1. The van der Waals surface area contributed by atoms with Gasteiger partial charge in [-0.15, -0.1) is 0 Å². The molecule has 1 aromatic carbocycles. The van der Waals surface area contributed by atoms with Gasteiger partial charge in [-0.25, -0.2) is 0 Å². The van der Waals surface area contributed by atoms with Crippen LogP contribution in [0.4, 0.5) is 5.69 Å². The fourth-order valence-electron chi connectivity index (χ4n) is 2.86. The Morgan fingerprint density at radius 2 is 2.26 bits per heavy atom. The number of para-hydroxylation sites is 1. The molecule has 0 aromatic heterocycles. The molecule has 0 bridgehead atoms. The van der Waals surface area contributed by atoms with Crippen molar-refractivity contribution in [1.82, 2.24) is 4.90 Å². The fraction of sp³-hybridized carbons (Fsp3) is 0.533. The number of anilines is 1. The van der Waals surface area contributed by atoms with Crippen LogP contribution in [0.2, 0.25) is 0 Å². The number of rotatable bonds is 1. The number of nitrogens with one attached hydrogen (secondary N) is 1. The van der Waals surface area contributed by atoms with Gasteiger partial charge < -0.3 is 15.0 Å². The lowest BCUT2D eigenvalue weighted by Gasteiger charge is -2.25. The number of fused-ring (bicyclic) bond motifs is 1. The topological polar surface area (TPSA) is 41.6 Å². The van der Waals surface area contributed by atoms with Crippen LogP contribution in [0.5, 0.6) is 0 Å². The molecule has 0 saturated carbocycles. The van der Waals surface area contributed by atoms with E-state index >= 15 is 0 Å². The molecule has 2 aliphatic rings. The first-order valence-corrected chi connectivity index (χ1v) is 6.99. The molecule has 0 aliphatic carbocycles. The molecule has 1 amide bonds. The van der Waals surface area contributed by atoms with Gasteiger partial charge in [0.05, 0.1) is 6.10 Å². The number of ether oxygens (including phenoxy) is 1. The third-order valence-corrected chi connectivity index (χ3v) is 3.83. The number of benzene rings is 1. The van der Waals surface area contributed by atoms with Crippen molar-refractivity contribution < 1.29 is 9.53 Å². The Bertz CT molecular complexity index is 450. The van der Waals surface area contributed by atoms with E-state index in [1.54, 1.807) is 0 Å². The van der Waals surface area contributed by atoms with Gasteiger partial charge in [-0.1, -0.05) is 18.2 Å². The van der Waals surface area contributed by atoms with Crippen molar-refractivity contribution in [1.29, 1.82) is 0 Å². The van der Waals surface area contributed by atoms with Crippen LogP contribution in [0.15, 0.2) is 24.3 Å². The highest BCUT2D eigenvalue weighted by Gasteiger charge is 2.31. The summed E-state index contributed by atoms with van der Waals surface area (Å²) < 4.78 is 5.59. The SMILES string of the molecule is C[C@H]1CN(C(=O)[C@@H]2Cc3ccccc3N2)CCCO1. The van der Waals surface area contributed by atoms with Crippen LogP contribution >= 0.6 is 0 Å². The van der Waals surface area contributed by atoms with Crippen molar-refractivity contribution in [3.63, 3.8) is 0 Å². The summed E-state index contributed by atoms with van der Waals surface area (Å²) in [6, 6.07) is 8.04. The highest BCUT2D eigenvalue weighted by molar-refractivity contribution is 5.87. The summed E-state index contributed by atoms with van der Waals surface area (Å²) in [4.78, 5) is 14.5.